The summed E-state index contributed by atoms with van der Waals surface area (Å²) in [6.07, 6.45) is 0. The molecule has 6 heteroatoms. The molecular weight excluding hydrogens is 402 g/mol. The first kappa shape index (κ1) is 21.2. The molecule has 6 nitrogen and oxygen atoms in total. The van der Waals surface area contributed by atoms with E-state index in [-0.39, 0.29) is 5.91 Å². The van der Waals surface area contributed by atoms with Crippen LogP contribution in [0.4, 0.5) is 0 Å². The number of ether oxygens (including phenoxy) is 2. The molecule has 0 aliphatic heterocycles. The Morgan fingerprint density at radius 2 is 1.50 bits per heavy atom. The summed E-state index contributed by atoms with van der Waals surface area (Å²) in [6, 6.07) is 27.0. The van der Waals surface area contributed by atoms with E-state index in [1.54, 1.807) is 30.8 Å². The predicted octanol–water partition coefficient (Wildman–Crippen LogP) is 4.83. The van der Waals surface area contributed by atoms with Gasteiger partial charge in [0.05, 0.1) is 19.9 Å². The molecule has 0 spiro atoms. The minimum atomic E-state index is -0.186. The smallest absolute Gasteiger partial charge is 0.261 e. The summed E-state index contributed by atoms with van der Waals surface area (Å²) in [5, 5.41) is 4.79. The quantitative estimate of drug-likeness (QED) is 0.424. The lowest BCUT2D eigenvalue weighted by atomic mass is 10.1. The Morgan fingerprint density at radius 3 is 2.16 bits per heavy atom. The number of methoxy groups -OCH3 is 2. The molecule has 32 heavy (non-hydrogen) atoms. The van der Waals surface area contributed by atoms with Gasteiger partial charge in [0.1, 0.15) is 17.0 Å². The molecule has 0 atom stereocenters. The van der Waals surface area contributed by atoms with Gasteiger partial charge in [-0.2, -0.15) is 9.78 Å². The van der Waals surface area contributed by atoms with Crippen molar-refractivity contribution in [2.24, 2.45) is 0 Å². The van der Waals surface area contributed by atoms with Crippen LogP contribution < -0.4 is 9.47 Å². The highest BCUT2D eigenvalue weighted by molar-refractivity contribution is 6.02. The van der Waals surface area contributed by atoms with Crippen LogP contribution in [-0.4, -0.2) is 41.9 Å². The molecule has 0 saturated carbocycles. The van der Waals surface area contributed by atoms with Crippen molar-refractivity contribution in [1.29, 1.82) is 0 Å². The highest BCUT2D eigenvalue weighted by Gasteiger charge is 2.29. The number of carbonyl (C=O) groups excluding carboxylic acids is 1. The summed E-state index contributed by atoms with van der Waals surface area (Å²) in [4.78, 5) is 15.4. The molecular formula is C26H25N3O3. The van der Waals surface area contributed by atoms with E-state index in [1.807, 2.05) is 84.9 Å². The van der Waals surface area contributed by atoms with Gasteiger partial charge < -0.3 is 14.4 Å². The van der Waals surface area contributed by atoms with Crippen LogP contribution in [0, 0.1) is 0 Å². The van der Waals surface area contributed by atoms with Crippen LogP contribution in [0.15, 0.2) is 84.9 Å². The SMILES string of the molecule is COc1ccccc1CN(C)C(=O)c1c(-c2ccccc2)nn(-c2ccccc2)c1OC. The summed E-state index contributed by atoms with van der Waals surface area (Å²) in [5.74, 6) is 0.947. The Kier molecular flexibility index (Phi) is 6.22. The molecule has 0 bridgehead atoms. The van der Waals surface area contributed by atoms with E-state index in [9.17, 15) is 4.79 Å². The van der Waals surface area contributed by atoms with Crippen molar-refractivity contribution in [3.8, 4) is 28.6 Å². The molecule has 0 aliphatic rings. The molecule has 1 amide bonds. The number of hydrogen-bond acceptors (Lipinski definition) is 4. The van der Waals surface area contributed by atoms with Gasteiger partial charge in [0.25, 0.3) is 5.91 Å². The van der Waals surface area contributed by atoms with Crippen LogP contribution >= 0.6 is 0 Å². The largest absolute Gasteiger partial charge is 0.496 e. The third-order valence-corrected chi connectivity index (χ3v) is 5.24. The topological polar surface area (TPSA) is 56.6 Å². The molecule has 0 saturated heterocycles. The number of carbonyl (C=O) groups is 1. The average Bonchev–Trinajstić information content (AvgIpc) is 3.24. The van der Waals surface area contributed by atoms with E-state index in [1.165, 1.54) is 0 Å². The molecule has 1 heterocycles. The Balaban J connectivity index is 1.81. The number of aromatic nitrogens is 2. The van der Waals surface area contributed by atoms with Gasteiger partial charge in [-0.1, -0.05) is 66.7 Å². The van der Waals surface area contributed by atoms with Crippen molar-refractivity contribution in [1.82, 2.24) is 14.7 Å². The molecule has 3 aromatic carbocycles. The number of benzene rings is 3. The van der Waals surface area contributed by atoms with Gasteiger partial charge >= 0.3 is 0 Å². The zero-order valence-electron chi connectivity index (χ0n) is 18.4. The molecule has 0 radical (unpaired) electrons. The summed E-state index contributed by atoms with van der Waals surface area (Å²) < 4.78 is 12.9. The Bertz CT molecular complexity index is 1200. The standard InChI is InChI=1S/C26H25N3O3/c1-28(18-20-14-10-11-17-22(20)31-2)25(30)23-24(19-12-6-4-7-13-19)27-29(26(23)32-3)21-15-8-5-9-16-21/h4-17H,18H2,1-3H3. The van der Waals surface area contributed by atoms with Crippen molar-refractivity contribution < 1.29 is 14.3 Å². The number of rotatable bonds is 7. The fraction of sp³-hybridized carbons (Fsp3) is 0.154. The minimum Gasteiger partial charge on any atom is -0.496 e. The fourth-order valence-corrected chi connectivity index (χ4v) is 3.68. The second-order valence-corrected chi connectivity index (χ2v) is 7.32. The fourth-order valence-electron chi connectivity index (χ4n) is 3.68. The normalized spacial score (nSPS) is 10.6. The zero-order chi connectivity index (χ0) is 22.5. The maximum Gasteiger partial charge on any atom is 0.261 e. The van der Waals surface area contributed by atoms with E-state index in [2.05, 4.69) is 0 Å². The minimum absolute atomic E-state index is 0.186. The monoisotopic (exact) mass is 427 g/mol. The Morgan fingerprint density at radius 1 is 0.875 bits per heavy atom. The van der Waals surface area contributed by atoms with E-state index in [4.69, 9.17) is 14.6 Å². The maximum absolute atomic E-state index is 13.7. The molecule has 4 rings (SSSR count). The number of nitrogens with zero attached hydrogens (tertiary/aromatic N) is 3. The second kappa shape index (κ2) is 9.39. The van der Waals surface area contributed by atoms with E-state index >= 15 is 0 Å². The number of amides is 1. The van der Waals surface area contributed by atoms with E-state index in [0.717, 1.165) is 22.6 Å². The molecule has 0 fully saturated rings. The van der Waals surface area contributed by atoms with Crippen molar-refractivity contribution in [2.75, 3.05) is 21.3 Å². The lowest BCUT2D eigenvalue weighted by Crippen LogP contribution is -2.27. The first-order chi connectivity index (χ1) is 15.6. The predicted molar refractivity (Wildman–Crippen MR) is 124 cm³/mol. The number of hydrogen-bond donors (Lipinski definition) is 0. The first-order valence-electron chi connectivity index (χ1n) is 10.3. The highest BCUT2D eigenvalue weighted by atomic mass is 16.5. The van der Waals surface area contributed by atoms with Gasteiger partial charge in [0.2, 0.25) is 5.88 Å². The van der Waals surface area contributed by atoms with Crippen molar-refractivity contribution in [2.45, 2.75) is 6.54 Å². The van der Waals surface area contributed by atoms with Gasteiger partial charge in [0, 0.05) is 24.7 Å². The average molecular weight is 428 g/mol. The molecule has 1 aromatic heterocycles. The van der Waals surface area contributed by atoms with Crippen molar-refractivity contribution in [3.05, 3.63) is 96.1 Å². The van der Waals surface area contributed by atoms with Crippen LogP contribution in [-0.2, 0) is 6.54 Å². The molecule has 0 unspecified atom stereocenters. The van der Waals surface area contributed by atoms with Crippen LogP contribution in [0.1, 0.15) is 15.9 Å². The van der Waals surface area contributed by atoms with Crippen LogP contribution in [0.5, 0.6) is 11.6 Å². The molecule has 162 valence electrons. The van der Waals surface area contributed by atoms with Crippen LogP contribution in [0.25, 0.3) is 16.9 Å². The Labute approximate surface area is 187 Å². The van der Waals surface area contributed by atoms with E-state index in [0.29, 0.717) is 23.7 Å². The van der Waals surface area contributed by atoms with Crippen LogP contribution in [0.3, 0.4) is 0 Å². The van der Waals surface area contributed by atoms with Gasteiger partial charge in [-0.05, 0) is 18.2 Å². The second-order valence-electron chi connectivity index (χ2n) is 7.32. The van der Waals surface area contributed by atoms with Gasteiger partial charge in [0.15, 0.2) is 0 Å². The summed E-state index contributed by atoms with van der Waals surface area (Å²) in [5.41, 5.74) is 3.56. The number of para-hydroxylation sites is 2. The van der Waals surface area contributed by atoms with Gasteiger partial charge in [-0.25, -0.2) is 0 Å². The van der Waals surface area contributed by atoms with Gasteiger partial charge in [-0.3, -0.25) is 4.79 Å². The third-order valence-electron chi connectivity index (χ3n) is 5.24. The van der Waals surface area contributed by atoms with E-state index < -0.39 is 0 Å². The van der Waals surface area contributed by atoms with Crippen molar-refractivity contribution in [3.63, 3.8) is 0 Å². The van der Waals surface area contributed by atoms with Crippen molar-refractivity contribution >= 4 is 5.91 Å². The lowest BCUT2D eigenvalue weighted by molar-refractivity contribution is 0.0781. The summed E-state index contributed by atoms with van der Waals surface area (Å²) in [7, 11) is 4.95. The summed E-state index contributed by atoms with van der Waals surface area (Å²) in [6.45, 7) is 0.386. The Hall–Kier alpha value is -4.06. The van der Waals surface area contributed by atoms with Gasteiger partial charge in [-0.15, -0.1) is 0 Å². The molecule has 0 aliphatic carbocycles. The lowest BCUT2D eigenvalue weighted by Gasteiger charge is -2.19. The molecule has 0 N–H and O–H groups in total. The highest BCUT2D eigenvalue weighted by Crippen LogP contribution is 2.34. The summed E-state index contributed by atoms with van der Waals surface area (Å²) >= 11 is 0. The molecule has 4 aromatic rings. The third kappa shape index (κ3) is 4.07. The maximum atomic E-state index is 13.7. The first-order valence-corrected chi connectivity index (χ1v) is 10.3. The zero-order valence-corrected chi connectivity index (χ0v) is 18.4. The van der Waals surface area contributed by atoms with Crippen LogP contribution in [0.2, 0.25) is 0 Å².